The number of halogens is 4. The van der Waals surface area contributed by atoms with Crippen LogP contribution in [-0.4, -0.2) is 22.5 Å². The highest BCUT2D eigenvalue weighted by molar-refractivity contribution is 6.58. The molecule has 0 atom stereocenters. The molecular formula is C27H40F4O2Si. The Kier molecular flexibility index (Phi) is 11.4. The Labute approximate surface area is 203 Å². The number of hydrogen-bond acceptors (Lipinski definition) is 2. The van der Waals surface area contributed by atoms with Gasteiger partial charge in [0.05, 0.1) is 0 Å². The molecule has 1 aromatic carbocycles. The van der Waals surface area contributed by atoms with Crippen molar-refractivity contribution in [3.63, 3.8) is 0 Å². The molecule has 0 N–H and O–H groups in total. The summed E-state index contributed by atoms with van der Waals surface area (Å²) >= 11 is 0. The van der Waals surface area contributed by atoms with Crippen LogP contribution < -0.4 is 4.74 Å². The number of methoxy groups -OCH3 is 1. The summed E-state index contributed by atoms with van der Waals surface area (Å²) in [7, 11) is 1.28. The predicted octanol–water partition coefficient (Wildman–Crippen LogP) is 8.27. The molecule has 1 aromatic rings. The highest BCUT2D eigenvalue weighted by atomic mass is 28.3. The predicted molar refractivity (Wildman–Crippen MR) is 131 cm³/mol. The van der Waals surface area contributed by atoms with Crippen LogP contribution >= 0.6 is 0 Å². The van der Waals surface area contributed by atoms with E-state index in [0.29, 0.717) is 17.9 Å². The van der Waals surface area contributed by atoms with E-state index < -0.39 is 32.3 Å². The van der Waals surface area contributed by atoms with Crippen LogP contribution in [0, 0.1) is 29.4 Å². The van der Waals surface area contributed by atoms with Crippen molar-refractivity contribution in [1.29, 1.82) is 0 Å². The first-order valence-corrected chi connectivity index (χ1v) is 15.6. The van der Waals surface area contributed by atoms with Gasteiger partial charge < -0.3 is 9.47 Å². The molecule has 2 aliphatic rings. The van der Waals surface area contributed by atoms with E-state index in [1.165, 1.54) is 88.1 Å². The van der Waals surface area contributed by atoms with Crippen LogP contribution in [-0.2, 0) is 11.2 Å². The molecule has 0 aromatic heterocycles. The fourth-order valence-electron chi connectivity index (χ4n) is 6.10. The quantitative estimate of drug-likeness (QED) is 0.124. The van der Waals surface area contributed by atoms with Gasteiger partial charge >= 0.3 is 6.08 Å². The molecule has 3 rings (SSSR count). The van der Waals surface area contributed by atoms with Gasteiger partial charge in [-0.25, -0.2) is 8.78 Å². The Morgan fingerprint density at radius 3 is 2.21 bits per heavy atom. The maximum Gasteiger partial charge on any atom is 0.305 e. The van der Waals surface area contributed by atoms with Crippen LogP contribution in [0.4, 0.5) is 17.6 Å². The van der Waals surface area contributed by atoms with Crippen LogP contribution in [0.15, 0.2) is 24.5 Å². The first kappa shape index (κ1) is 27.2. The summed E-state index contributed by atoms with van der Waals surface area (Å²) in [6.45, 7) is 0.897. The van der Waals surface area contributed by atoms with Gasteiger partial charge in [-0.2, -0.15) is 8.78 Å². The molecule has 7 heteroatoms. The molecule has 1 heterocycles. The van der Waals surface area contributed by atoms with Crippen molar-refractivity contribution in [2.75, 3.05) is 13.7 Å². The fourth-order valence-corrected chi connectivity index (χ4v) is 9.63. The summed E-state index contributed by atoms with van der Waals surface area (Å²) in [4.78, 5) is 0. The third-order valence-corrected chi connectivity index (χ3v) is 11.6. The Morgan fingerprint density at radius 2 is 1.59 bits per heavy atom. The number of benzene rings is 1. The Hall–Kier alpha value is -1.34. The van der Waals surface area contributed by atoms with Crippen LogP contribution in [0.25, 0.3) is 0 Å². The van der Waals surface area contributed by atoms with Gasteiger partial charge in [-0.05, 0) is 67.6 Å². The molecule has 1 aliphatic heterocycles. The molecule has 2 nitrogen and oxygen atoms in total. The standard InChI is InChI=1S/C27H40F4O2Si/c1-32-13-3-2-4-14-34-15-11-23(12-16-34)22-9-7-20(8-10-22)5-6-21-17-24(28)27(25(29)18-21)33-19-26(30)31/h17-20,22-23,34H,2-16H2,1H3/t20?,22?,23-,34-. The van der Waals surface area contributed by atoms with Crippen molar-refractivity contribution in [3.8, 4) is 5.75 Å². The zero-order valence-electron chi connectivity index (χ0n) is 20.5. The molecule has 0 spiro atoms. The lowest BCUT2D eigenvalue weighted by atomic mass is 9.73. The highest BCUT2D eigenvalue weighted by Gasteiger charge is 2.31. The van der Waals surface area contributed by atoms with Crippen LogP contribution in [0.3, 0.4) is 0 Å². The molecule has 2 fully saturated rings. The number of unbranched alkanes of at least 4 members (excludes halogenated alkanes) is 2. The average molecular weight is 501 g/mol. The van der Waals surface area contributed by atoms with Crippen molar-refractivity contribution < 1.29 is 27.0 Å². The topological polar surface area (TPSA) is 18.5 Å². The van der Waals surface area contributed by atoms with E-state index in [1.807, 2.05) is 0 Å². The molecule has 0 unspecified atom stereocenters. The smallest absolute Gasteiger partial charge is 0.305 e. The highest BCUT2D eigenvalue weighted by Crippen LogP contribution is 2.42. The molecule has 0 amide bonds. The first-order valence-electron chi connectivity index (χ1n) is 13.1. The third-order valence-electron chi connectivity index (χ3n) is 8.08. The Morgan fingerprint density at radius 1 is 0.941 bits per heavy atom. The zero-order chi connectivity index (χ0) is 24.3. The van der Waals surface area contributed by atoms with E-state index in [1.54, 1.807) is 7.11 Å². The van der Waals surface area contributed by atoms with Gasteiger partial charge in [-0.1, -0.05) is 56.7 Å². The summed E-state index contributed by atoms with van der Waals surface area (Å²) < 4.78 is 62.0. The fraction of sp³-hybridized carbons (Fsp3) is 0.704. The molecule has 0 radical (unpaired) electrons. The second-order valence-corrected chi connectivity index (χ2v) is 13.8. The molecule has 34 heavy (non-hydrogen) atoms. The van der Waals surface area contributed by atoms with E-state index in [4.69, 9.17) is 4.74 Å². The molecule has 1 aliphatic carbocycles. The van der Waals surface area contributed by atoms with Crippen LogP contribution in [0.2, 0.25) is 18.1 Å². The third kappa shape index (κ3) is 8.70. The molecule has 0 bridgehead atoms. The van der Waals surface area contributed by atoms with Gasteiger partial charge in [0.2, 0.25) is 0 Å². The lowest BCUT2D eigenvalue weighted by Crippen LogP contribution is -2.28. The number of hydrogen-bond donors (Lipinski definition) is 0. The van der Waals surface area contributed by atoms with Gasteiger partial charge in [0.1, 0.15) is 0 Å². The lowest BCUT2D eigenvalue weighted by Gasteiger charge is -2.37. The molecule has 192 valence electrons. The SMILES string of the molecule is COCCCCC[Si@H]1CC[C@H](C2CCC(CCc3cc(F)c(OC=C(F)F)c(F)c3)CC2)CC1. The second kappa shape index (κ2) is 14.3. The Balaban J connectivity index is 1.35. The zero-order valence-corrected chi connectivity index (χ0v) is 21.6. The minimum Gasteiger partial charge on any atom is -0.453 e. The largest absolute Gasteiger partial charge is 0.453 e. The van der Waals surface area contributed by atoms with Crippen molar-refractivity contribution in [2.24, 2.45) is 17.8 Å². The van der Waals surface area contributed by atoms with Crippen molar-refractivity contribution in [3.05, 3.63) is 41.7 Å². The van der Waals surface area contributed by atoms with Gasteiger partial charge in [0, 0.05) is 22.5 Å². The van der Waals surface area contributed by atoms with E-state index in [2.05, 4.69) is 4.74 Å². The van der Waals surface area contributed by atoms with Gasteiger partial charge in [0.15, 0.2) is 23.6 Å². The van der Waals surface area contributed by atoms with Crippen molar-refractivity contribution in [2.45, 2.75) is 88.8 Å². The summed E-state index contributed by atoms with van der Waals surface area (Å²) in [5.74, 6) is -0.281. The van der Waals surface area contributed by atoms with Gasteiger partial charge in [-0.3, -0.25) is 0 Å². The second-order valence-electron chi connectivity index (χ2n) is 10.4. The Bertz CT molecular complexity index is 745. The minimum absolute atomic E-state index is 0.0543. The summed E-state index contributed by atoms with van der Waals surface area (Å²) in [6, 6.07) is 6.97. The lowest BCUT2D eigenvalue weighted by molar-refractivity contribution is 0.186. The van der Waals surface area contributed by atoms with E-state index >= 15 is 0 Å². The number of rotatable bonds is 12. The van der Waals surface area contributed by atoms with Crippen LogP contribution in [0.5, 0.6) is 5.75 Å². The van der Waals surface area contributed by atoms with Gasteiger partial charge in [-0.15, -0.1) is 0 Å². The average Bonchev–Trinajstić information content (AvgIpc) is 2.83. The number of ether oxygens (including phenoxy) is 2. The normalized spacial score (nSPS) is 25.2. The monoisotopic (exact) mass is 500 g/mol. The molecule has 1 saturated heterocycles. The summed E-state index contributed by atoms with van der Waals surface area (Å²) in [5.41, 5.74) is 0.555. The van der Waals surface area contributed by atoms with E-state index in [0.717, 1.165) is 24.9 Å². The van der Waals surface area contributed by atoms with E-state index in [9.17, 15) is 17.6 Å². The van der Waals surface area contributed by atoms with Crippen molar-refractivity contribution >= 4 is 8.80 Å². The van der Waals surface area contributed by atoms with Crippen LogP contribution in [0.1, 0.15) is 69.8 Å². The van der Waals surface area contributed by atoms with E-state index in [-0.39, 0.29) is 6.26 Å². The van der Waals surface area contributed by atoms with Crippen molar-refractivity contribution in [1.82, 2.24) is 0 Å². The van der Waals surface area contributed by atoms with Gasteiger partial charge in [0.25, 0.3) is 0 Å². The number of aryl methyl sites for hydroxylation is 1. The first-order chi connectivity index (χ1) is 16.5. The summed E-state index contributed by atoms with van der Waals surface area (Å²) in [6.07, 6.45) is 11.2. The summed E-state index contributed by atoms with van der Waals surface area (Å²) in [5, 5.41) is 0. The molecular weight excluding hydrogens is 460 g/mol. The molecule has 1 saturated carbocycles. The maximum absolute atomic E-state index is 14.1. The maximum atomic E-state index is 14.1. The minimum atomic E-state index is -2.14.